The summed E-state index contributed by atoms with van der Waals surface area (Å²) >= 11 is 0. The van der Waals surface area contributed by atoms with Gasteiger partial charge in [0.05, 0.1) is 44.6 Å². The predicted molar refractivity (Wildman–Crippen MR) is 117 cm³/mol. The number of hydroxylamine groups is 2. The first-order chi connectivity index (χ1) is 16.3. The van der Waals surface area contributed by atoms with Crippen LogP contribution in [0.15, 0.2) is 0 Å². The third-order valence-electron chi connectivity index (χ3n) is 3.90. The summed E-state index contributed by atoms with van der Waals surface area (Å²) in [5.41, 5.74) is -1.67. The molecular weight excluding hydrogens is 520 g/mol. The molecule has 0 aliphatic rings. The number of carboxylic acid groups (broad SMARTS) is 1. The Morgan fingerprint density at radius 2 is 1.05 bits per heavy atom. The summed E-state index contributed by atoms with van der Waals surface area (Å²) in [5, 5.41) is 9.24. The maximum atomic E-state index is 12.5. The second kappa shape index (κ2) is 14.4. The lowest BCUT2D eigenvalue weighted by molar-refractivity contribution is -0.188. The standard InChI is InChI=1S/C12H20F3NO4.C10H15F3O4/c1-11(2,3)20-9(17)6-8(7-12(13,14)15)10(18)16(4)19-5;1-9(2,3)17-7(14)4-6(8(15)16)5-10(11,12)13/h8H,6-7H2,1-5H3;6H,4-5H2,1-3H3,(H,15,16). The van der Waals surface area contributed by atoms with Crippen molar-refractivity contribution in [3.05, 3.63) is 0 Å². The van der Waals surface area contributed by atoms with Crippen molar-refractivity contribution in [2.45, 2.75) is 90.8 Å². The van der Waals surface area contributed by atoms with E-state index in [2.05, 4.69) is 4.84 Å². The van der Waals surface area contributed by atoms with Gasteiger partial charge in [0.1, 0.15) is 11.2 Å². The van der Waals surface area contributed by atoms with E-state index < -0.39 is 84.9 Å². The Morgan fingerprint density at radius 1 is 0.730 bits per heavy atom. The molecule has 0 aromatic heterocycles. The number of carbonyl (C=O) groups is 4. The van der Waals surface area contributed by atoms with Gasteiger partial charge in [0, 0.05) is 7.05 Å². The highest BCUT2D eigenvalue weighted by molar-refractivity contribution is 5.83. The molecule has 1 N–H and O–H groups in total. The molecule has 0 rings (SSSR count). The fraction of sp³-hybridized carbons (Fsp3) is 0.818. The molecule has 15 heteroatoms. The number of halogens is 6. The van der Waals surface area contributed by atoms with Crippen molar-refractivity contribution in [3.8, 4) is 0 Å². The molecular formula is C22H35F6NO8. The number of amides is 1. The average molecular weight is 556 g/mol. The van der Waals surface area contributed by atoms with Gasteiger partial charge in [-0.25, -0.2) is 5.06 Å². The third kappa shape index (κ3) is 21.2. The maximum Gasteiger partial charge on any atom is 0.389 e. The first-order valence-corrected chi connectivity index (χ1v) is 10.9. The third-order valence-corrected chi connectivity index (χ3v) is 3.90. The number of carboxylic acids is 1. The Morgan fingerprint density at radius 3 is 1.32 bits per heavy atom. The minimum Gasteiger partial charge on any atom is -0.481 e. The molecule has 0 saturated heterocycles. The van der Waals surface area contributed by atoms with E-state index in [1.807, 2.05) is 0 Å². The van der Waals surface area contributed by atoms with Crippen LogP contribution in [0.5, 0.6) is 0 Å². The first kappa shape index (κ1) is 36.6. The van der Waals surface area contributed by atoms with Gasteiger partial charge in [0.15, 0.2) is 0 Å². The van der Waals surface area contributed by atoms with Crippen molar-refractivity contribution in [2.75, 3.05) is 14.2 Å². The zero-order chi connectivity index (χ0) is 30.0. The lowest BCUT2D eigenvalue weighted by Crippen LogP contribution is -2.37. The van der Waals surface area contributed by atoms with Gasteiger partial charge in [-0.3, -0.25) is 24.0 Å². The topological polar surface area (TPSA) is 119 Å². The fourth-order valence-corrected chi connectivity index (χ4v) is 2.57. The van der Waals surface area contributed by atoms with Crippen LogP contribution in [0.4, 0.5) is 26.3 Å². The molecule has 0 saturated carbocycles. The molecule has 0 radical (unpaired) electrons. The highest BCUT2D eigenvalue weighted by Gasteiger charge is 2.39. The Labute approximate surface area is 211 Å². The predicted octanol–water partition coefficient (Wildman–Crippen LogP) is 4.68. The zero-order valence-corrected chi connectivity index (χ0v) is 22.0. The van der Waals surface area contributed by atoms with Crippen LogP contribution in [0.3, 0.4) is 0 Å². The number of esters is 2. The van der Waals surface area contributed by atoms with E-state index in [4.69, 9.17) is 14.6 Å². The molecule has 218 valence electrons. The van der Waals surface area contributed by atoms with Gasteiger partial charge in [-0.05, 0) is 41.5 Å². The Hall–Kier alpha value is -2.58. The van der Waals surface area contributed by atoms with E-state index in [0.717, 1.165) is 7.11 Å². The minimum atomic E-state index is -4.62. The van der Waals surface area contributed by atoms with Crippen LogP contribution >= 0.6 is 0 Å². The summed E-state index contributed by atoms with van der Waals surface area (Å²) in [5.74, 6) is -7.75. The maximum absolute atomic E-state index is 12.5. The normalized spacial score (nSPS) is 14.0. The summed E-state index contributed by atoms with van der Waals surface area (Å²) in [6, 6.07) is 0. The van der Waals surface area contributed by atoms with E-state index in [0.29, 0.717) is 5.06 Å². The van der Waals surface area contributed by atoms with Crippen molar-refractivity contribution < 1.29 is 64.9 Å². The Balaban J connectivity index is 0. The highest BCUT2D eigenvalue weighted by Crippen LogP contribution is 2.29. The number of rotatable bonds is 9. The van der Waals surface area contributed by atoms with Crippen molar-refractivity contribution >= 4 is 23.8 Å². The monoisotopic (exact) mass is 555 g/mol. The average Bonchev–Trinajstić information content (AvgIpc) is 2.60. The van der Waals surface area contributed by atoms with Crippen LogP contribution in [-0.2, 0) is 33.5 Å². The van der Waals surface area contributed by atoms with Gasteiger partial charge in [0.2, 0.25) is 5.91 Å². The van der Waals surface area contributed by atoms with E-state index in [9.17, 15) is 45.5 Å². The molecule has 0 aromatic rings. The molecule has 0 heterocycles. The van der Waals surface area contributed by atoms with Gasteiger partial charge in [-0.15, -0.1) is 0 Å². The van der Waals surface area contributed by atoms with Gasteiger partial charge >= 0.3 is 30.3 Å². The molecule has 0 bridgehead atoms. The second-order valence-electron chi connectivity index (χ2n) is 9.97. The van der Waals surface area contributed by atoms with Crippen LogP contribution in [0.25, 0.3) is 0 Å². The number of aliphatic carboxylic acids is 1. The molecule has 0 fully saturated rings. The summed E-state index contributed by atoms with van der Waals surface area (Å²) in [7, 11) is 2.33. The Kier molecular flexibility index (Phi) is 14.2. The number of ether oxygens (including phenoxy) is 2. The van der Waals surface area contributed by atoms with Crippen molar-refractivity contribution in [3.63, 3.8) is 0 Å². The zero-order valence-electron chi connectivity index (χ0n) is 22.0. The molecule has 2 atom stereocenters. The SMILES string of the molecule is CC(C)(C)OC(=O)CC(CC(F)(F)F)C(=O)O.CON(C)C(=O)C(CC(=O)OC(C)(C)C)CC(F)(F)F. The number of alkyl halides is 6. The van der Waals surface area contributed by atoms with Crippen molar-refractivity contribution in [2.24, 2.45) is 11.8 Å². The molecule has 0 aromatic carbocycles. The smallest absolute Gasteiger partial charge is 0.389 e. The fourth-order valence-electron chi connectivity index (χ4n) is 2.57. The molecule has 0 aliphatic carbocycles. The molecule has 0 aliphatic heterocycles. The number of hydrogen-bond donors (Lipinski definition) is 1. The van der Waals surface area contributed by atoms with Gasteiger partial charge in [-0.1, -0.05) is 0 Å². The minimum absolute atomic E-state index is 0.649. The highest BCUT2D eigenvalue weighted by atomic mass is 19.4. The molecule has 2 unspecified atom stereocenters. The summed E-state index contributed by atoms with van der Waals surface area (Å²) < 4.78 is 83.2. The van der Waals surface area contributed by atoms with Crippen LogP contribution in [0, 0.1) is 11.8 Å². The largest absolute Gasteiger partial charge is 0.481 e. The first-order valence-electron chi connectivity index (χ1n) is 10.9. The van der Waals surface area contributed by atoms with Gasteiger partial charge < -0.3 is 14.6 Å². The lowest BCUT2D eigenvalue weighted by Gasteiger charge is -2.24. The number of carbonyl (C=O) groups excluding carboxylic acids is 3. The van der Waals surface area contributed by atoms with Gasteiger partial charge in [0.25, 0.3) is 0 Å². The molecule has 0 spiro atoms. The second-order valence-corrected chi connectivity index (χ2v) is 9.97. The number of hydrogen-bond acceptors (Lipinski definition) is 7. The molecule has 9 nitrogen and oxygen atoms in total. The lowest BCUT2D eigenvalue weighted by atomic mass is 10.00. The van der Waals surface area contributed by atoms with Crippen LogP contribution in [0.1, 0.15) is 67.2 Å². The summed E-state index contributed by atoms with van der Waals surface area (Å²) in [6.07, 6.45) is -13.6. The van der Waals surface area contributed by atoms with E-state index in [-0.39, 0.29) is 0 Å². The van der Waals surface area contributed by atoms with Crippen LogP contribution < -0.4 is 0 Å². The van der Waals surface area contributed by atoms with Gasteiger partial charge in [-0.2, -0.15) is 26.3 Å². The number of nitrogens with zero attached hydrogens (tertiary/aromatic N) is 1. The van der Waals surface area contributed by atoms with Crippen molar-refractivity contribution in [1.29, 1.82) is 0 Å². The quantitative estimate of drug-likeness (QED) is 0.248. The summed E-state index contributed by atoms with van der Waals surface area (Å²) in [6.45, 7) is 9.41. The Bertz CT molecular complexity index is 769. The van der Waals surface area contributed by atoms with E-state index in [1.54, 1.807) is 41.5 Å². The van der Waals surface area contributed by atoms with Crippen LogP contribution in [0.2, 0.25) is 0 Å². The van der Waals surface area contributed by atoms with E-state index in [1.165, 1.54) is 7.05 Å². The van der Waals surface area contributed by atoms with Crippen LogP contribution in [-0.4, -0.2) is 71.7 Å². The van der Waals surface area contributed by atoms with E-state index >= 15 is 0 Å². The molecule has 1 amide bonds. The van der Waals surface area contributed by atoms with Crippen molar-refractivity contribution in [1.82, 2.24) is 5.06 Å². The molecule has 37 heavy (non-hydrogen) atoms. The summed E-state index contributed by atoms with van der Waals surface area (Å²) in [4.78, 5) is 49.6.